The van der Waals surface area contributed by atoms with Crippen LogP contribution in [-0.4, -0.2) is 30.7 Å². The summed E-state index contributed by atoms with van der Waals surface area (Å²) in [4.78, 5) is 4.53. The van der Waals surface area contributed by atoms with Crippen molar-refractivity contribution < 1.29 is 9.52 Å². The van der Waals surface area contributed by atoms with Crippen LogP contribution >= 0.6 is 0 Å². The SMILES string of the molecule is CCNC(=NCC(C)(O)c1cc(C)oc1C)NCCC(C)(C)C. The van der Waals surface area contributed by atoms with Gasteiger partial charge in [0.15, 0.2) is 5.96 Å². The molecule has 0 aliphatic heterocycles. The fourth-order valence-electron chi connectivity index (χ4n) is 2.38. The van der Waals surface area contributed by atoms with Crippen molar-refractivity contribution in [2.75, 3.05) is 19.6 Å². The van der Waals surface area contributed by atoms with Crippen molar-refractivity contribution in [2.45, 2.75) is 60.5 Å². The Balaban J connectivity index is 2.73. The number of hydrogen-bond donors (Lipinski definition) is 3. The van der Waals surface area contributed by atoms with Crippen LogP contribution in [0.2, 0.25) is 0 Å². The van der Waals surface area contributed by atoms with Crippen molar-refractivity contribution in [3.63, 3.8) is 0 Å². The highest BCUT2D eigenvalue weighted by atomic mass is 16.3. The van der Waals surface area contributed by atoms with Gasteiger partial charge in [0.2, 0.25) is 0 Å². The van der Waals surface area contributed by atoms with Crippen molar-refractivity contribution in [1.82, 2.24) is 10.6 Å². The maximum atomic E-state index is 10.7. The Hall–Kier alpha value is -1.49. The first-order chi connectivity index (χ1) is 10.5. The Morgan fingerprint density at radius 2 is 1.87 bits per heavy atom. The predicted octanol–water partition coefficient (Wildman–Crippen LogP) is 3.10. The van der Waals surface area contributed by atoms with Crippen molar-refractivity contribution >= 4 is 5.96 Å². The van der Waals surface area contributed by atoms with E-state index in [0.29, 0.717) is 0 Å². The first-order valence-corrected chi connectivity index (χ1v) is 8.37. The molecular weight excluding hydrogens is 290 g/mol. The average molecular weight is 323 g/mol. The summed E-state index contributed by atoms with van der Waals surface area (Å²) < 4.78 is 5.52. The minimum Gasteiger partial charge on any atom is -0.466 e. The van der Waals surface area contributed by atoms with Gasteiger partial charge in [0.05, 0.1) is 6.54 Å². The van der Waals surface area contributed by atoms with E-state index in [-0.39, 0.29) is 12.0 Å². The number of nitrogens with zero attached hydrogens (tertiary/aromatic N) is 1. The summed E-state index contributed by atoms with van der Waals surface area (Å²) in [6.07, 6.45) is 1.05. The third kappa shape index (κ3) is 6.65. The monoisotopic (exact) mass is 323 g/mol. The number of aliphatic hydroxyl groups is 1. The summed E-state index contributed by atoms with van der Waals surface area (Å²) in [7, 11) is 0. The topological polar surface area (TPSA) is 69.8 Å². The Bertz CT molecular complexity index is 525. The molecule has 23 heavy (non-hydrogen) atoms. The highest BCUT2D eigenvalue weighted by Crippen LogP contribution is 2.27. The number of guanidine groups is 1. The molecule has 0 amide bonds. The minimum absolute atomic E-state index is 0.275. The van der Waals surface area contributed by atoms with E-state index in [9.17, 15) is 5.11 Å². The van der Waals surface area contributed by atoms with Crippen LogP contribution in [0.1, 0.15) is 58.1 Å². The standard InChI is InChI=1S/C18H33N3O2/c1-8-19-16(20-10-9-17(4,5)6)21-12-18(7,22)15-11-13(2)23-14(15)3/h11,22H,8-10,12H2,1-7H3,(H2,19,20,21). The number of aliphatic imine (C=N–C) groups is 1. The molecule has 0 aliphatic carbocycles. The summed E-state index contributed by atoms with van der Waals surface area (Å²) in [5.74, 6) is 2.28. The number of aryl methyl sites for hydroxylation is 2. The Morgan fingerprint density at radius 3 is 2.35 bits per heavy atom. The lowest BCUT2D eigenvalue weighted by Crippen LogP contribution is -2.40. The van der Waals surface area contributed by atoms with Gasteiger partial charge in [-0.1, -0.05) is 20.8 Å². The lowest BCUT2D eigenvalue weighted by molar-refractivity contribution is 0.0657. The summed E-state index contributed by atoms with van der Waals surface area (Å²) in [6.45, 7) is 16.1. The first kappa shape index (κ1) is 19.6. The molecule has 132 valence electrons. The summed E-state index contributed by atoms with van der Waals surface area (Å²) in [6, 6.07) is 1.88. The van der Waals surface area contributed by atoms with Gasteiger partial charge in [0.1, 0.15) is 17.1 Å². The normalized spacial score (nSPS) is 15.4. The van der Waals surface area contributed by atoms with E-state index in [4.69, 9.17) is 4.42 Å². The Labute approximate surface area is 140 Å². The average Bonchev–Trinajstić information content (AvgIpc) is 2.74. The lowest BCUT2D eigenvalue weighted by Gasteiger charge is -2.22. The summed E-state index contributed by atoms with van der Waals surface area (Å²) in [5, 5.41) is 17.3. The Kier molecular flexibility index (Phi) is 6.69. The second-order valence-electron chi connectivity index (χ2n) is 7.53. The van der Waals surface area contributed by atoms with E-state index in [1.807, 2.05) is 26.8 Å². The van der Waals surface area contributed by atoms with Crippen molar-refractivity contribution in [3.8, 4) is 0 Å². The molecule has 5 heteroatoms. The van der Waals surface area contributed by atoms with E-state index < -0.39 is 5.60 Å². The molecular formula is C18H33N3O2. The maximum Gasteiger partial charge on any atom is 0.191 e. The third-order valence-corrected chi connectivity index (χ3v) is 3.68. The lowest BCUT2D eigenvalue weighted by atomic mass is 9.92. The first-order valence-electron chi connectivity index (χ1n) is 8.37. The van der Waals surface area contributed by atoms with Crippen LogP contribution in [0.25, 0.3) is 0 Å². The molecule has 3 N–H and O–H groups in total. The third-order valence-electron chi connectivity index (χ3n) is 3.68. The van der Waals surface area contributed by atoms with Gasteiger partial charge in [-0.05, 0) is 45.6 Å². The van der Waals surface area contributed by atoms with E-state index in [2.05, 4.69) is 36.4 Å². The fraction of sp³-hybridized carbons (Fsp3) is 0.722. The van der Waals surface area contributed by atoms with E-state index in [1.54, 1.807) is 6.92 Å². The van der Waals surface area contributed by atoms with Gasteiger partial charge in [-0.15, -0.1) is 0 Å². The minimum atomic E-state index is -1.05. The second-order valence-corrected chi connectivity index (χ2v) is 7.53. The molecule has 0 aliphatic rings. The van der Waals surface area contributed by atoms with Gasteiger partial charge in [-0.2, -0.15) is 0 Å². The highest BCUT2D eigenvalue weighted by Gasteiger charge is 2.27. The molecule has 5 nitrogen and oxygen atoms in total. The van der Waals surface area contributed by atoms with Crippen LogP contribution in [0.4, 0.5) is 0 Å². The van der Waals surface area contributed by atoms with Gasteiger partial charge in [0.25, 0.3) is 0 Å². The van der Waals surface area contributed by atoms with Gasteiger partial charge in [0, 0.05) is 18.7 Å². The van der Waals surface area contributed by atoms with Gasteiger partial charge in [-0.25, -0.2) is 4.99 Å². The summed E-state index contributed by atoms with van der Waals surface area (Å²) in [5.41, 5.74) is 0.0273. The zero-order valence-electron chi connectivity index (χ0n) is 15.7. The van der Waals surface area contributed by atoms with Crippen molar-refractivity contribution in [1.29, 1.82) is 0 Å². The number of hydrogen-bond acceptors (Lipinski definition) is 3. The zero-order chi connectivity index (χ0) is 17.7. The van der Waals surface area contributed by atoms with Crippen molar-refractivity contribution in [3.05, 3.63) is 23.2 Å². The fourth-order valence-corrected chi connectivity index (χ4v) is 2.38. The Morgan fingerprint density at radius 1 is 1.22 bits per heavy atom. The highest BCUT2D eigenvalue weighted by molar-refractivity contribution is 5.79. The van der Waals surface area contributed by atoms with Crippen LogP contribution in [0.3, 0.4) is 0 Å². The molecule has 1 heterocycles. The van der Waals surface area contributed by atoms with Crippen LogP contribution in [0.5, 0.6) is 0 Å². The zero-order valence-corrected chi connectivity index (χ0v) is 15.7. The number of furan rings is 1. The smallest absolute Gasteiger partial charge is 0.191 e. The van der Waals surface area contributed by atoms with E-state index in [1.165, 1.54) is 0 Å². The maximum absolute atomic E-state index is 10.7. The van der Waals surface area contributed by atoms with E-state index >= 15 is 0 Å². The quantitative estimate of drug-likeness (QED) is 0.556. The van der Waals surface area contributed by atoms with Crippen LogP contribution in [-0.2, 0) is 5.60 Å². The molecule has 0 bridgehead atoms. The van der Waals surface area contributed by atoms with Crippen LogP contribution < -0.4 is 10.6 Å². The largest absolute Gasteiger partial charge is 0.466 e. The second kappa shape index (κ2) is 7.86. The molecule has 1 unspecified atom stereocenters. The molecule has 1 rings (SSSR count). The van der Waals surface area contributed by atoms with Crippen LogP contribution in [0, 0.1) is 19.3 Å². The van der Waals surface area contributed by atoms with Gasteiger partial charge >= 0.3 is 0 Å². The molecule has 1 aromatic heterocycles. The van der Waals surface area contributed by atoms with Gasteiger partial charge < -0.3 is 20.2 Å². The molecule has 0 saturated heterocycles. The van der Waals surface area contributed by atoms with E-state index in [0.717, 1.165) is 42.6 Å². The molecule has 0 radical (unpaired) electrons. The predicted molar refractivity (Wildman–Crippen MR) is 95.8 cm³/mol. The number of nitrogens with one attached hydrogen (secondary N) is 2. The molecule has 0 saturated carbocycles. The molecule has 1 aromatic rings. The summed E-state index contributed by atoms with van der Waals surface area (Å²) >= 11 is 0. The van der Waals surface area contributed by atoms with Gasteiger partial charge in [-0.3, -0.25) is 0 Å². The van der Waals surface area contributed by atoms with Crippen LogP contribution in [0.15, 0.2) is 15.5 Å². The van der Waals surface area contributed by atoms with Crippen molar-refractivity contribution in [2.24, 2.45) is 10.4 Å². The molecule has 0 spiro atoms. The molecule has 1 atom stereocenters. The molecule has 0 fully saturated rings. The number of rotatable bonds is 6. The molecule has 0 aromatic carbocycles.